The van der Waals surface area contributed by atoms with Gasteiger partial charge in [-0.05, 0) is 61.8 Å². The van der Waals surface area contributed by atoms with Crippen LogP contribution in [0.2, 0.25) is 0 Å². The van der Waals surface area contributed by atoms with Gasteiger partial charge in [-0.2, -0.15) is 0 Å². The summed E-state index contributed by atoms with van der Waals surface area (Å²) in [5.74, 6) is 2.56. The van der Waals surface area contributed by atoms with Crippen LogP contribution in [0, 0.1) is 5.92 Å². The highest BCUT2D eigenvalue weighted by Gasteiger charge is 2.22. The van der Waals surface area contributed by atoms with E-state index in [-0.39, 0.29) is 0 Å². The van der Waals surface area contributed by atoms with E-state index in [0.29, 0.717) is 5.92 Å². The molecular formula is C15H21NO. The van der Waals surface area contributed by atoms with Crippen LogP contribution in [0.15, 0.2) is 24.3 Å². The fraction of sp³-hybridized carbons (Fsp3) is 0.600. The van der Waals surface area contributed by atoms with Gasteiger partial charge in [0.2, 0.25) is 0 Å². The van der Waals surface area contributed by atoms with Gasteiger partial charge in [-0.15, -0.1) is 0 Å². The zero-order valence-corrected chi connectivity index (χ0v) is 10.3. The van der Waals surface area contributed by atoms with Gasteiger partial charge in [0.05, 0.1) is 6.61 Å². The molecule has 92 valence electrons. The summed E-state index contributed by atoms with van der Waals surface area (Å²) in [5.41, 5.74) is 1.44. The van der Waals surface area contributed by atoms with Crippen LogP contribution >= 0.6 is 0 Å². The van der Waals surface area contributed by atoms with E-state index in [4.69, 9.17) is 4.74 Å². The Bertz CT molecular complexity index is 367. The highest BCUT2D eigenvalue weighted by molar-refractivity contribution is 5.31. The quantitative estimate of drug-likeness (QED) is 0.860. The van der Waals surface area contributed by atoms with E-state index in [1.165, 1.54) is 37.8 Å². The van der Waals surface area contributed by atoms with E-state index < -0.39 is 0 Å². The van der Waals surface area contributed by atoms with Crippen LogP contribution in [0.3, 0.4) is 0 Å². The first-order valence-electron chi connectivity index (χ1n) is 6.85. The predicted octanol–water partition coefficient (Wildman–Crippen LogP) is 2.94. The summed E-state index contributed by atoms with van der Waals surface area (Å²) >= 11 is 0. The molecule has 0 amide bonds. The van der Waals surface area contributed by atoms with Crippen molar-refractivity contribution in [1.29, 1.82) is 0 Å². The molecule has 1 heterocycles. The molecule has 1 aliphatic heterocycles. The van der Waals surface area contributed by atoms with E-state index in [0.717, 1.165) is 24.8 Å². The van der Waals surface area contributed by atoms with Gasteiger partial charge in [0.1, 0.15) is 5.75 Å². The van der Waals surface area contributed by atoms with Crippen molar-refractivity contribution in [1.82, 2.24) is 5.32 Å². The summed E-state index contributed by atoms with van der Waals surface area (Å²) in [6.07, 6.45) is 5.30. The van der Waals surface area contributed by atoms with Crippen molar-refractivity contribution in [2.45, 2.75) is 31.6 Å². The van der Waals surface area contributed by atoms with Crippen LogP contribution in [0.1, 0.15) is 37.2 Å². The Morgan fingerprint density at radius 1 is 1.24 bits per heavy atom. The molecule has 2 fully saturated rings. The largest absolute Gasteiger partial charge is 0.493 e. The van der Waals surface area contributed by atoms with Gasteiger partial charge in [-0.3, -0.25) is 0 Å². The fourth-order valence-electron chi connectivity index (χ4n) is 2.49. The average Bonchev–Trinajstić information content (AvgIpc) is 3.22. The second-order valence-electron chi connectivity index (χ2n) is 5.37. The Hall–Kier alpha value is -1.02. The minimum absolute atomic E-state index is 0.674. The predicted molar refractivity (Wildman–Crippen MR) is 69.5 cm³/mol. The summed E-state index contributed by atoms with van der Waals surface area (Å²) in [7, 11) is 0. The lowest BCUT2D eigenvalue weighted by molar-refractivity contribution is 0.299. The van der Waals surface area contributed by atoms with Crippen LogP contribution in [0.25, 0.3) is 0 Å². The van der Waals surface area contributed by atoms with Gasteiger partial charge < -0.3 is 10.1 Å². The third-order valence-electron chi connectivity index (χ3n) is 3.81. The summed E-state index contributed by atoms with van der Waals surface area (Å²) < 4.78 is 5.84. The van der Waals surface area contributed by atoms with Crippen LogP contribution in [-0.4, -0.2) is 19.7 Å². The number of rotatable bonds is 4. The van der Waals surface area contributed by atoms with Crippen molar-refractivity contribution in [2.24, 2.45) is 5.92 Å². The summed E-state index contributed by atoms with van der Waals surface area (Å²) in [6.45, 7) is 3.20. The van der Waals surface area contributed by atoms with E-state index in [9.17, 15) is 0 Å². The molecule has 1 saturated carbocycles. The highest BCUT2D eigenvalue weighted by atomic mass is 16.5. The van der Waals surface area contributed by atoms with Crippen molar-refractivity contribution in [2.75, 3.05) is 19.7 Å². The van der Waals surface area contributed by atoms with Crippen molar-refractivity contribution < 1.29 is 4.74 Å². The molecule has 1 aromatic rings. The van der Waals surface area contributed by atoms with Crippen molar-refractivity contribution in [3.05, 3.63) is 29.8 Å². The smallest absolute Gasteiger partial charge is 0.119 e. The van der Waals surface area contributed by atoms with Crippen molar-refractivity contribution in [3.8, 4) is 5.75 Å². The number of hydrogen-bond donors (Lipinski definition) is 1. The fourth-order valence-corrected chi connectivity index (χ4v) is 2.49. The van der Waals surface area contributed by atoms with Gasteiger partial charge in [-0.1, -0.05) is 12.1 Å². The minimum atomic E-state index is 0.674. The SMILES string of the molecule is c1cc(OCC2CC2)cc(C2CCCNC2)c1. The number of ether oxygens (including phenoxy) is 1. The molecule has 1 saturated heterocycles. The number of nitrogens with one attached hydrogen (secondary N) is 1. The molecule has 1 aliphatic carbocycles. The summed E-state index contributed by atoms with van der Waals surface area (Å²) in [4.78, 5) is 0. The van der Waals surface area contributed by atoms with Gasteiger partial charge in [-0.25, -0.2) is 0 Å². The maximum absolute atomic E-state index is 5.84. The van der Waals surface area contributed by atoms with Crippen molar-refractivity contribution >= 4 is 0 Å². The molecule has 0 spiro atoms. The first-order chi connectivity index (χ1) is 8.42. The zero-order valence-electron chi connectivity index (χ0n) is 10.3. The second kappa shape index (κ2) is 5.09. The molecule has 2 aliphatic rings. The lowest BCUT2D eigenvalue weighted by Gasteiger charge is -2.23. The molecule has 0 radical (unpaired) electrons. The second-order valence-corrected chi connectivity index (χ2v) is 5.37. The molecule has 1 aromatic carbocycles. The maximum Gasteiger partial charge on any atom is 0.119 e. The van der Waals surface area contributed by atoms with Crippen LogP contribution in [0.5, 0.6) is 5.75 Å². The third-order valence-corrected chi connectivity index (χ3v) is 3.81. The van der Waals surface area contributed by atoms with Gasteiger partial charge in [0.15, 0.2) is 0 Å². The standard InChI is InChI=1S/C15H21NO/c1-3-13(14-4-2-8-16-10-14)9-15(5-1)17-11-12-6-7-12/h1,3,5,9,12,14,16H,2,4,6-8,10-11H2. The minimum Gasteiger partial charge on any atom is -0.493 e. The van der Waals surface area contributed by atoms with Crippen LogP contribution in [-0.2, 0) is 0 Å². The Kier molecular flexibility index (Phi) is 3.32. The lowest BCUT2D eigenvalue weighted by Crippen LogP contribution is -2.28. The molecule has 1 atom stereocenters. The summed E-state index contributed by atoms with van der Waals surface area (Å²) in [6, 6.07) is 8.69. The normalized spacial score (nSPS) is 24.6. The summed E-state index contributed by atoms with van der Waals surface area (Å²) in [5, 5.41) is 3.47. The average molecular weight is 231 g/mol. The van der Waals surface area contributed by atoms with Gasteiger partial charge in [0.25, 0.3) is 0 Å². The van der Waals surface area contributed by atoms with Gasteiger partial charge in [0, 0.05) is 6.54 Å². The first kappa shape index (κ1) is 11.1. The number of piperidine rings is 1. The van der Waals surface area contributed by atoms with E-state index in [1.807, 2.05) is 0 Å². The Morgan fingerprint density at radius 3 is 2.94 bits per heavy atom. The van der Waals surface area contributed by atoms with Gasteiger partial charge >= 0.3 is 0 Å². The van der Waals surface area contributed by atoms with E-state index >= 15 is 0 Å². The monoisotopic (exact) mass is 231 g/mol. The molecule has 1 unspecified atom stereocenters. The Balaban J connectivity index is 1.64. The molecule has 17 heavy (non-hydrogen) atoms. The number of hydrogen-bond acceptors (Lipinski definition) is 2. The molecule has 0 bridgehead atoms. The molecular weight excluding hydrogens is 210 g/mol. The maximum atomic E-state index is 5.84. The molecule has 3 rings (SSSR count). The molecule has 2 heteroatoms. The molecule has 0 aromatic heterocycles. The third kappa shape index (κ3) is 3.01. The molecule has 1 N–H and O–H groups in total. The lowest BCUT2D eigenvalue weighted by atomic mass is 9.92. The Morgan fingerprint density at radius 2 is 2.18 bits per heavy atom. The first-order valence-corrected chi connectivity index (χ1v) is 6.85. The molecule has 2 nitrogen and oxygen atoms in total. The van der Waals surface area contributed by atoms with Crippen LogP contribution in [0.4, 0.5) is 0 Å². The topological polar surface area (TPSA) is 21.3 Å². The highest BCUT2D eigenvalue weighted by Crippen LogP contribution is 2.30. The van der Waals surface area contributed by atoms with Crippen LogP contribution < -0.4 is 10.1 Å². The van der Waals surface area contributed by atoms with E-state index in [2.05, 4.69) is 29.6 Å². The van der Waals surface area contributed by atoms with Crippen molar-refractivity contribution in [3.63, 3.8) is 0 Å². The zero-order chi connectivity index (χ0) is 11.5. The number of benzene rings is 1. The van der Waals surface area contributed by atoms with E-state index in [1.54, 1.807) is 0 Å². The Labute approximate surface area is 103 Å².